The second-order valence-corrected chi connectivity index (χ2v) is 7.00. The fraction of sp³-hybridized carbons (Fsp3) is 0.235. The maximum atomic E-state index is 13.6. The number of hydrogen-bond acceptors (Lipinski definition) is 4. The van der Waals surface area contributed by atoms with Crippen LogP contribution in [0.15, 0.2) is 36.7 Å². The molecule has 0 unspecified atom stereocenters. The highest BCUT2D eigenvalue weighted by atomic mass is 32.1. The predicted molar refractivity (Wildman–Crippen MR) is 91.3 cm³/mol. The highest BCUT2D eigenvalue weighted by Crippen LogP contribution is 2.33. The van der Waals surface area contributed by atoms with Crippen LogP contribution in [0.2, 0.25) is 0 Å². The van der Waals surface area contributed by atoms with E-state index in [4.69, 9.17) is 0 Å². The molecule has 136 valence electrons. The monoisotopic (exact) mass is 380 g/mol. The molecule has 0 saturated heterocycles. The zero-order valence-corrected chi connectivity index (χ0v) is 14.8. The average Bonchev–Trinajstić information content (AvgIpc) is 3.19. The van der Waals surface area contributed by atoms with Gasteiger partial charge in [-0.25, -0.2) is 9.67 Å². The first-order valence-corrected chi connectivity index (χ1v) is 8.49. The van der Waals surface area contributed by atoms with E-state index in [2.05, 4.69) is 15.4 Å². The van der Waals surface area contributed by atoms with Crippen LogP contribution in [0.4, 0.5) is 13.2 Å². The SMILES string of the molecule is Cc1ccc(-n2ncc(C(=O)NCc3cnc(C)s3)c2C(F)(F)F)cc1. The van der Waals surface area contributed by atoms with Gasteiger partial charge in [0.25, 0.3) is 5.91 Å². The minimum Gasteiger partial charge on any atom is -0.347 e. The van der Waals surface area contributed by atoms with E-state index in [9.17, 15) is 18.0 Å². The number of aryl methyl sites for hydroxylation is 2. The highest BCUT2D eigenvalue weighted by molar-refractivity contribution is 7.11. The molecule has 3 aromatic rings. The summed E-state index contributed by atoms with van der Waals surface area (Å²) in [5, 5.41) is 7.10. The Morgan fingerprint density at radius 3 is 2.46 bits per heavy atom. The van der Waals surface area contributed by atoms with E-state index in [0.717, 1.165) is 26.3 Å². The molecule has 5 nitrogen and oxygen atoms in total. The van der Waals surface area contributed by atoms with Gasteiger partial charge in [0.2, 0.25) is 0 Å². The predicted octanol–water partition coefficient (Wildman–Crippen LogP) is 3.89. The lowest BCUT2D eigenvalue weighted by Crippen LogP contribution is -2.26. The number of halogens is 3. The van der Waals surface area contributed by atoms with Gasteiger partial charge in [-0.3, -0.25) is 4.79 Å². The number of carbonyl (C=O) groups excluding carboxylic acids is 1. The lowest BCUT2D eigenvalue weighted by Gasteiger charge is -2.13. The topological polar surface area (TPSA) is 59.8 Å². The molecule has 0 radical (unpaired) electrons. The molecule has 0 bridgehead atoms. The zero-order chi connectivity index (χ0) is 18.9. The van der Waals surface area contributed by atoms with Crippen molar-refractivity contribution in [3.8, 4) is 5.69 Å². The molecule has 0 atom stereocenters. The quantitative estimate of drug-likeness (QED) is 0.747. The van der Waals surface area contributed by atoms with Crippen molar-refractivity contribution < 1.29 is 18.0 Å². The minimum atomic E-state index is -4.73. The Morgan fingerprint density at radius 1 is 1.19 bits per heavy atom. The van der Waals surface area contributed by atoms with Gasteiger partial charge in [-0.05, 0) is 26.0 Å². The maximum absolute atomic E-state index is 13.6. The van der Waals surface area contributed by atoms with E-state index >= 15 is 0 Å². The van der Waals surface area contributed by atoms with Crippen molar-refractivity contribution in [1.29, 1.82) is 0 Å². The molecule has 0 aliphatic heterocycles. The molecule has 0 spiro atoms. The van der Waals surface area contributed by atoms with Crippen LogP contribution in [0.1, 0.15) is 31.5 Å². The number of aromatic nitrogens is 3. The van der Waals surface area contributed by atoms with Crippen LogP contribution < -0.4 is 5.32 Å². The molecule has 2 aromatic heterocycles. The number of thiazole rings is 1. The molecule has 3 rings (SSSR count). The maximum Gasteiger partial charge on any atom is 0.434 e. The standard InChI is InChI=1S/C17H15F3N4OS/c1-10-3-5-12(6-4-10)24-15(17(18,19)20)14(9-23-24)16(25)22-8-13-7-21-11(2)26-13/h3-7,9H,8H2,1-2H3,(H,22,25). The number of alkyl halides is 3. The summed E-state index contributed by atoms with van der Waals surface area (Å²) in [7, 11) is 0. The van der Waals surface area contributed by atoms with Crippen LogP contribution in [0.5, 0.6) is 0 Å². The number of nitrogens with zero attached hydrogens (tertiary/aromatic N) is 3. The van der Waals surface area contributed by atoms with Gasteiger partial charge < -0.3 is 5.32 Å². The minimum absolute atomic E-state index is 0.108. The van der Waals surface area contributed by atoms with E-state index in [-0.39, 0.29) is 12.2 Å². The molecule has 1 aromatic carbocycles. The molecule has 2 heterocycles. The summed E-state index contributed by atoms with van der Waals surface area (Å²) in [5.74, 6) is -0.832. The molecule has 1 amide bonds. The third kappa shape index (κ3) is 3.77. The van der Waals surface area contributed by atoms with Crippen molar-refractivity contribution in [3.05, 3.63) is 63.4 Å². The molecule has 26 heavy (non-hydrogen) atoms. The van der Waals surface area contributed by atoms with Crippen molar-refractivity contribution in [2.45, 2.75) is 26.6 Å². The molecule has 0 aliphatic rings. The van der Waals surface area contributed by atoms with Crippen molar-refractivity contribution in [1.82, 2.24) is 20.1 Å². The smallest absolute Gasteiger partial charge is 0.347 e. The number of hydrogen-bond donors (Lipinski definition) is 1. The van der Waals surface area contributed by atoms with Crippen LogP contribution in [0, 0.1) is 13.8 Å². The Hall–Kier alpha value is -2.68. The Kier molecular flexibility index (Phi) is 4.82. The average molecular weight is 380 g/mol. The summed E-state index contributed by atoms with van der Waals surface area (Å²) in [6, 6.07) is 6.42. The lowest BCUT2D eigenvalue weighted by molar-refractivity contribution is -0.143. The summed E-state index contributed by atoms with van der Waals surface area (Å²) < 4.78 is 41.5. The third-order valence-corrected chi connectivity index (χ3v) is 4.57. The first kappa shape index (κ1) is 18.1. The number of rotatable bonds is 4. The lowest BCUT2D eigenvalue weighted by atomic mass is 10.2. The van der Waals surface area contributed by atoms with Gasteiger partial charge in [0.15, 0.2) is 5.69 Å². The number of carbonyl (C=O) groups is 1. The van der Waals surface area contributed by atoms with E-state index in [0.29, 0.717) is 0 Å². The second-order valence-electron chi connectivity index (χ2n) is 5.68. The van der Waals surface area contributed by atoms with Gasteiger partial charge in [0, 0.05) is 11.1 Å². The Balaban J connectivity index is 1.91. The van der Waals surface area contributed by atoms with Gasteiger partial charge in [0.05, 0.1) is 29.0 Å². The summed E-state index contributed by atoms with van der Waals surface area (Å²) in [5.41, 5.74) is -0.467. The van der Waals surface area contributed by atoms with E-state index in [1.165, 1.54) is 23.5 Å². The van der Waals surface area contributed by atoms with Crippen molar-refractivity contribution in [2.24, 2.45) is 0 Å². The summed E-state index contributed by atoms with van der Waals surface area (Å²) >= 11 is 1.37. The number of amides is 1. The fourth-order valence-corrected chi connectivity index (χ4v) is 3.15. The van der Waals surface area contributed by atoms with Gasteiger partial charge >= 0.3 is 6.18 Å². The van der Waals surface area contributed by atoms with Crippen molar-refractivity contribution >= 4 is 17.2 Å². The van der Waals surface area contributed by atoms with E-state index in [1.807, 2.05) is 13.8 Å². The van der Waals surface area contributed by atoms with Crippen LogP contribution >= 0.6 is 11.3 Å². The summed E-state index contributed by atoms with van der Waals surface area (Å²) in [6.07, 6.45) is -2.20. The Morgan fingerprint density at radius 2 is 1.88 bits per heavy atom. The Bertz CT molecular complexity index is 928. The van der Waals surface area contributed by atoms with Gasteiger partial charge in [-0.15, -0.1) is 11.3 Å². The zero-order valence-electron chi connectivity index (χ0n) is 14.0. The molecule has 9 heteroatoms. The normalized spacial score (nSPS) is 11.6. The molecule has 0 aliphatic carbocycles. The van der Waals surface area contributed by atoms with Crippen LogP contribution in [0.3, 0.4) is 0 Å². The second kappa shape index (κ2) is 6.91. The summed E-state index contributed by atoms with van der Waals surface area (Å²) in [6.45, 7) is 3.75. The molecule has 1 N–H and O–H groups in total. The first-order valence-electron chi connectivity index (χ1n) is 7.67. The van der Waals surface area contributed by atoms with E-state index < -0.39 is 23.3 Å². The van der Waals surface area contributed by atoms with Crippen LogP contribution in [-0.4, -0.2) is 20.7 Å². The third-order valence-electron chi connectivity index (χ3n) is 3.65. The van der Waals surface area contributed by atoms with Crippen LogP contribution in [0.25, 0.3) is 5.69 Å². The Labute approximate surface area is 151 Å². The number of benzene rings is 1. The molecule has 0 saturated carbocycles. The van der Waals surface area contributed by atoms with Crippen molar-refractivity contribution in [2.75, 3.05) is 0 Å². The van der Waals surface area contributed by atoms with Crippen LogP contribution in [-0.2, 0) is 12.7 Å². The largest absolute Gasteiger partial charge is 0.434 e. The highest BCUT2D eigenvalue weighted by Gasteiger charge is 2.40. The van der Waals surface area contributed by atoms with Gasteiger partial charge in [-0.1, -0.05) is 17.7 Å². The molecular weight excluding hydrogens is 365 g/mol. The van der Waals surface area contributed by atoms with Crippen molar-refractivity contribution in [3.63, 3.8) is 0 Å². The van der Waals surface area contributed by atoms with Gasteiger partial charge in [-0.2, -0.15) is 18.3 Å². The van der Waals surface area contributed by atoms with E-state index in [1.54, 1.807) is 18.3 Å². The summed E-state index contributed by atoms with van der Waals surface area (Å²) in [4.78, 5) is 17.1. The molecule has 0 fully saturated rings. The number of nitrogens with one attached hydrogen (secondary N) is 1. The van der Waals surface area contributed by atoms with Gasteiger partial charge in [0.1, 0.15) is 0 Å². The first-order chi connectivity index (χ1) is 12.3. The fourth-order valence-electron chi connectivity index (χ4n) is 2.42. The molecular formula is C17H15F3N4OS.